The van der Waals surface area contributed by atoms with Gasteiger partial charge in [-0.05, 0) is 72.1 Å². The van der Waals surface area contributed by atoms with Crippen LogP contribution in [0.3, 0.4) is 0 Å². The highest BCUT2D eigenvalue weighted by atomic mass is 19.1. The molecular formula is C34H36FN3O5. The number of amides is 1. The smallest absolute Gasteiger partial charge is 0.289 e. The molecule has 0 spiro atoms. The summed E-state index contributed by atoms with van der Waals surface area (Å²) in [5, 5.41) is 0. The van der Waals surface area contributed by atoms with Crippen LogP contribution in [0.4, 0.5) is 4.39 Å². The van der Waals surface area contributed by atoms with Gasteiger partial charge in [-0.3, -0.25) is 14.6 Å². The molecule has 43 heavy (non-hydrogen) atoms. The zero-order chi connectivity index (χ0) is 29.6. The van der Waals surface area contributed by atoms with Gasteiger partial charge in [0.15, 0.2) is 17.3 Å². The third-order valence-corrected chi connectivity index (χ3v) is 7.69. The summed E-state index contributed by atoms with van der Waals surface area (Å²) in [6, 6.07) is 24.3. The average Bonchev–Trinajstić information content (AvgIpc) is 3.68. The second-order valence-corrected chi connectivity index (χ2v) is 10.9. The first-order valence-electron chi connectivity index (χ1n) is 14.7. The normalized spacial score (nSPS) is 14.8. The number of carbonyl (C=O) groups excluding carboxylic acids is 1. The van der Waals surface area contributed by atoms with Gasteiger partial charge < -0.3 is 23.5 Å². The highest BCUT2D eigenvalue weighted by molar-refractivity contribution is 5.91. The Morgan fingerprint density at radius 1 is 0.837 bits per heavy atom. The Morgan fingerprint density at radius 2 is 1.60 bits per heavy atom. The number of furan rings is 1. The number of nitrogens with zero attached hydrogens (tertiary/aromatic N) is 3. The molecule has 1 fully saturated rings. The summed E-state index contributed by atoms with van der Waals surface area (Å²) >= 11 is 0. The zero-order valence-corrected chi connectivity index (χ0v) is 24.3. The van der Waals surface area contributed by atoms with Gasteiger partial charge in [0.05, 0.1) is 13.2 Å². The van der Waals surface area contributed by atoms with Crippen molar-refractivity contribution in [2.75, 3.05) is 39.6 Å². The van der Waals surface area contributed by atoms with Crippen LogP contribution in [0.1, 0.15) is 39.9 Å². The molecule has 0 aliphatic carbocycles. The van der Waals surface area contributed by atoms with E-state index >= 15 is 0 Å². The first-order chi connectivity index (χ1) is 21.0. The highest BCUT2D eigenvalue weighted by Crippen LogP contribution is 2.33. The van der Waals surface area contributed by atoms with Crippen molar-refractivity contribution in [1.29, 1.82) is 0 Å². The van der Waals surface area contributed by atoms with Gasteiger partial charge in [0.1, 0.15) is 17.3 Å². The number of ether oxygens (including phenoxy) is 3. The highest BCUT2D eigenvalue weighted by Gasteiger charge is 2.25. The molecule has 3 heterocycles. The minimum absolute atomic E-state index is 0.0998. The molecule has 0 saturated carbocycles. The maximum Gasteiger partial charge on any atom is 0.289 e. The fourth-order valence-electron chi connectivity index (χ4n) is 5.54. The predicted octanol–water partition coefficient (Wildman–Crippen LogP) is 5.71. The Hall–Kier alpha value is -4.34. The molecule has 0 unspecified atom stereocenters. The Morgan fingerprint density at radius 3 is 2.40 bits per heavy atom. The summed E-state index contributed by atoms with van der Waals surface area (Å²) in [6.07, 6.45) is 0. The molecule has 224 valence electrons. The molecule has 1 saturated heterocycles. The topological polar surface area (TPSA) is 67.6 Å². The quantitative estimate of drug-likeness (QED) is 0.224. The first-order valence-corrected chi connectivity index (χ1v) is 14.7. The number of halogens is 1. The summed E-state index contributed by atoms with van der Waals surface area (Å²) in [7, 11) is 0. The number of fused-ring (bicyclic) bond motifs is 1. The number of piperazine rings is 1. The summed E-state index contributed by atoms with van der Waals surface area (Å²) in [5.41, 5.74) is 3.13. The molecule has 1 aromatic heterocycles. The lowest BCUT2D eigenvalue weighted by Crippen LogP contribution is -2.48. The number of benzene rings is 3. The van der Waals surface area contributed by atoms with E-state index in [1.54, 1.807) is 18.2 Å². The van der Waals surface area contributed by atoms with E-state index in [0.717, 1.165) is 53.6 Å². The number of carbonyl (C=O) groups is 1. The number of rotatable bonds is 11. The van der Waals surface area contributed by atoms with Crippen LogP contribution < -0.4 is 14.2 Å². The fraction of sp³-hybridized carbons (Fsp3) is 0.324. The molecule has 0 atom stereocenters. The van der Waals surface area contributed by atoms with Gasteiger partial charge in [-0.15, -0.1) is 0 Å². The lowest BCUT2D eigenvalue weighted by Gasteiger charge is -2.34. The van der Waals surface area contributed by atoms with Crippen LogP contribution in [0.2, 0.25) is 0 Å². The van der Waals surface area contributed by atoms with E-state index in [-0.39, 0.29) is 18.5 Å². The summed E-state index contributed by atoms with van der Waals surface area (Å²) in [5.74, 6) is 3.06. The molecule has 2 aliphatic heterocycles. The maximum absolute atomic E-state index is 13.9. The molecule has 1 amide bonds. The molecular weight excluding hydrogens is 549 g/mol. The van der Waals surface area contributed by atoms with Gasteiger partial charge in [-0.1, -0.05) is 30.3 Å². The van der Waals surface area contributed by atoms with Crippen molar-refractivity contribution in [3.05, 3.63) is 113 Å². The van der Waals surface area contributed by atoms with Crippen molar-refractivity contribution in [2.24, 2.45) is 0 Å². The monoisotopic (exact) mass is 585 g/mol. The van der Waals surface area contributed by atoms with Crippen molar-refractivity contribution >= 4 is 5.91 Å². The van der Waals surface area contributed by atoms with Crippen LogP contribution >= 0.6 is 0 Å². The van der Waals surface area contributed by atoms with Crippen LogP contribution in [0.25, 0.3) is 0 Å². The molecule has 3 aromatic carbocycles. The molecule has 0 N–H and O–H groups in total. The van der Waals surface area contributed by atoms with Gasteiger partial charge in [-0.2, -0.15) is 0 Å². The van der Waals surface area contributed by atoms with Gasteiger partial charge in [0, 0.05) is 45.8 Å². The average molecular weight is 586 g/mol. The Bertz CT molecular complexity index is 1530. The van der Waals surface area contributed by atoms with Gasteiger partial charge in [-0.25, -0.2) is 4.39 Å². The van der Waals surface area contributed by atoms with Crippen LogP contribution in [-0.4, -0.2) is 60.2 Å². The summed E-state index contributed by atoms with van der Waals surface area (Å²) < 4.78 is 36.5. The van der Waals surface area contributed by atoms with Crippen molar-refractivity contribution in [2.45, 2.75) is 33.1 Å². The summed E-state index contributed by atoms with van der Waals surface area (Å²) in [4.78, 5) is 19.7. The van der Waals surface area contributed by atoms with E-state index in [4.69, 9.17) is 18.6 Å². The van der Waals surface area contributed by atoms with Crippen LogP contribution in [-0.2, 0) is 26.2 Å². The maximum atomic E-state index is 13.9. The van der Waals surface area contributed by atoms with E-state index in [1.165, 1.54) is 6.07 Å². The molecule has 8 nitrogen and oxygen atoms in total. The number of hydrogen-bond acceptors (Lipinski definition) is 7. The first kappa shape index (κ1) is 28.8. The van der Waals surface area contributed by atoms with E-state index in [0.29, 0.717) is 50.9 Å². The van der Waals surface area contributed by atoms with E-state index < -0.39 is 0 Å². The third kappa shape index (κ3) is 7.36. The van der Waals surface area contributed by atoms with Crippen LogP contribution in [0.15, 0.2) is 83.3 Å². The predicted molar refractivity (Wildman–Crippen MR) is 159 cm³/mol. The molecule has 0 bridgehead atoms. The summed E-state index contributed by atoms with van der Waals surface area (Å²) in [6.45, 7) is 8.06. The molecule has 4 aromatic rings. The second-order valence-electron chi connectivity index (χ2n) is 10.9. The standard InChI is InChI=1S/C34H36FN3O5/c1-2-40-29-9-6-25(7-10-29)20-37(22-26-4-3-5-28(35)18-26)23-30-11-13-32(43-30)34(39)38-16-14-36(15-17-38)21-27-8-12-31-33(19-27)42-24-41-31/h3-13,18-19H,2,14-17,20-24H2,1H3. The van der Waals surface area contributed by atoms with Crippen molar-refractivity contribution < 1.29 is 27.8 Å². The molecule has 2 aliphatic rings. The molecule has 6 rings (SSSR count). The molecule has 9 heteroatoms. The van der Waals surface area contributed by atoms with Crippen LogP contribution in [0.5, 0.6) is 17.2 Å². The Labute approximate surface area is 251 Å². The van der Waals surface area contributed by atoms with Crippen LogP contribution in [0, 0.1) is 5.82 Å². The second kappa shape index (κ2) is 13.3. The van der Waals surface area contributed by atoms with Crippen molar-refractivity contribution in [3.8, 4) is 17.2 Å². The SMILES string of the molecule is CCOc1ccc(CN(Cc2cccc(F)c2)Cc2ccc(C(=O)N3CCN(Cc4ccc5c(c4)OCO5)CC3)o2)cc1. The van der Waals surface area contributed by atoms with E-state index in [9.17, 15) is 9.18 Å². The van der Waals surface area contributed by atoms with E-state index in [1.807, 2.05) is 60.4 Å². The number of hydrogen-bond donors (Lipinski definition) is 0. The third-order valence-electron chi connectivity index (χ3n) is 7.69. The van der Waals surface area contributed by atoms with Crippen molar-refractivity contribution in [1.82, 2.24) is 14.7 Å². The minimum atomic E-state index is -0.264. The minimum Gasteiger partial charge on any atom is -0.494 e. The largest absolute Gasteiger partial charge is 0.494 e. The fourth-order valence-corrected chi connectivity index (χ4v) is 5.54. The zero-order valence-electron chi connectivity index (χ0n) is 24.3. The van der Waals surface area contributed by atoms with Gasteiger partial charge in [0.25, 0.3) is 5.91 Å². The van der Waals surface area contributed by atoms with E-state index in [2.05, 4.69) is 15.9 Å². The lowest BCUT2D eigenvalue weighted by atomic mass is 10.1. The van der Waals surface area contributed by atoms with Crippen molar-refractivity contribution in [3.63, 3.8) is 0 Å². The van der Waals surface area contributed by atoms with Gasteiger partial charge in [0.2, 0.25) is 6.79 Å². The Balaban J connectivity index is 1.06. The molecule has 0 radical (unpaired) electrons. The lowest BCUT2D eigenvalue weighted by molar-refractivity contribution is 0.0594. The Kier molecular flexibility index (Phi) is 8.91. The van der Waals surface area contributed by atoms with Gasteiger partial charge >= 0.3 is 0 Å².